The first-order chi connectivity index (χ1) is 17.1. The first-order valence-electron chi connectivity index (χ1n) is 12.2. The fourth-order valence-corrected chi connectivity index (χ4v) is 5.41. The summed E-state index contributed by atoms with van der Waals surface area (Å²) in [5.41, 5.74) is 7.85. The molecule has 1 saturated heterocycles. The highest BCUT2D eigenvalue weighted by Crippen LogP contribution is 2.30. The van der Waals surface area contributed by atoms with Crippen LogP contribution in [-0.2, 0) is 11.2 Å². The Morgan fingerprint density at radius 3 is 2.74 bits per heavy atom. The highest BCUT2D eigenvalue weighted by atomic mass is 32.2. The first kappa shape index (κ1) is 25.1. The van der Waals surface area contributed by atoms with Gasteiger partial charge in [-0.3, -0.25) is 9.52 Å². The number of rotatable bonds is 6. The quantitative estimate of drug-likeness (QED) is 0.523. The Hall–Kier alpha value is -2.98. The van der Waals surface area contributed by atoms with Gasteiger partial charge in [0.15, 0.2) is 6.29 Å². The molecule has 2 atom stereocenters. The zero-order chi connectivity index (χ0) is 24.6. The molecule has 3 heterocycles. The number of piperidine rings is 1. The van der Waals surface area contributed by atoms with Gasteiger partial charge < -0.3 is 20.7 Å². The van der Waals surface area contributed by atoms with Crippen molar-refractivity contribution in [3.63, 3.8) is 0 Å². The number of benzene rings is 1. The third-order valence-corrected chi connectivity index (χ3v) is 7.41. The maximum atomic E-state index is 11.6. The smallest absolute Gasteiger partial charge is 0.245 e. The lowest BCUT2D eigenvalue weighted by Crippen LogP contribution is -2.38. The van der Waals surface area contributed by atoms with Gasteiger partial charge in [0.05, 0.1) is 17.9 Å². The molecule has 0 spiro atoms. The SMILES string of the molecule is CNC1CCCC1.NC1=NS(=O)Nc2cccc(OCC3CCCN(c4ccc(C=O)cn4)C3)c21. The van der Waals surface area contributed by atoms with Crippen LogP contribution >= 0.6 is 0 Å². The Kier molecular flexibility index (Phi) is 8.70. The van der Waals surface area contributed by atoms with Crippen molar-refractivity contribution in [1.82, 2.24) is 10.3 Å². The second kappa shape index (κ2) is 12.1. The van der Waals surface area contributed by atoms with E-state index in [1.165, 1.54) is 25.7 Å². The van der Waals surface area contributed by atoms with Gasteiger partial charge >= 0.3 is 0 Å². The lowest BCUT2D eigenvalue weighted by Gasteiger charge is -2.33. The summed E-state index contributed by atoms with van der Waals surface area (Å²) in [5.74, 6) is 2.05. The van der Waals surface area contributed by atoms with E-state index in [-0.39, 0.29) is 5.84 Å². The first-order valence-corrected chi connectivity index (χ1v) is 13.3. The maximum Gasteiger partial charge on any atom is 0.245 e. The number of pyridine rings is 1. The van der Waals surface area contributed by atoms with E-state index in [1.807, 2.05) is 18.2 Å². The summed E-state index contributed by atoms with van der Waals surface area (Å²) in [5, 5.41) is 3.26. The van der Waals surface area contributed by atoms with Gasteiger partial charge in [-0.1, -0.05) is 18.9 Å². The molecule has 10 heteroatoms. The van der Waals surface area contributed by atoms with Crippen molar-refractivity contribution >= 4 is 34.8 Å². The number of anilines is 2. The largest absolute Gasteiger partial charge is 0.492 e. The van der Waals surface area contributed by atoms with Gasteiger partial charge in [-0.25, -0.2) is 9.19 Å². The highest BCUT2D eigenvalue weighted by Gasteiger charge is 2.24. The van der Waals surface area contributed by atoms with Gasteiger partial charge in [0, 0.05) is 36.8 Å². The summed E-state index contributed by atoms with van der Waals surface area (Å²) in [6.07, 6.45) is 10.2. The molecule has 1 aromatic heterocycles. The van der Waals surface area contributed by atoms with Gasteiger partial charge in [0.2, 0.25) is 11.2 Å². The lowest BCUT2D eigenvalue weighted by molar-refractivity contribution is 0.112. The highest BCUT2D eigenvalue weighted by molar-refractivity contribution is 7.85. The average molecular weight is 499 g/mol. The van der Waals surface area contributed by atoms with E-state index in [9.17, 15) is 9.00 Å². The predicted molar refractivity (Wildman–Crippen MR) is 140 cm³/mol. The van der Waals surface area contributed by atoms with Crippen molar-refractivity contribution in [1.29, 1.82) is 0 Å². The molecule has 1 saturated carbocycles. The molecular weight excluding hydrogens is 464 g/mol. The number of nitrogens with two attached hydrogens (primary N) is 1. The van der Waals surface area contributed by atoms with Crippen molar-refractivity contribution in [2.75, 3.05) is 36.4 Å². The molecule has 0 radical (unpaired) electrons. The molecule has 2 aliphatic heterocycles. The number of nitrogens with zero attached hydrogens (tertiary/aromatic N) is 3. The molecule has 0 amide bonds. The van der Waals surface area contributed by atoms with Crippen LogP contribution in [0.15, 0.2) is 40.9 Å². The van der Waals surface area contributed by atoms with Crippen LogP contribution in [0.3, 0.4) is 0 Å². The molecule has 1 aliphatic carbocycles. The normalized spacial score (nSPS) is 21.7. The van der Waals surface area contributed by atoms with Gasteiger partial charge in [-0.05, 0) is 57.0 Å². The molecule has 9 nitrogen and oxygen atoms in total. The van der Waals surface area contributed by atoms with Gasteiger partial charge in [-0.15, -0.1) is 0 Å². The third-order valence-electron chi connectivity index (χ3n) is 6.65. The summed E-state index contributed by atoms with van der Waals surface area (Å²) in [6.45, 7) is 2.30. The molecule has 35 heavy (non-hydrogen) atoms. The fraction of sp³-hybridized carbons (Fsp3) is 0.480. The number of carbonyl (C=O) groups excluding carboxylic acids is 1. The van der Waals surface area contributed by atoms with E-state index in [2.05, 4.69) is 31.4 Å². The van der Waals surface area contributed by atoms with Crippen molar-refractivity contribution in [3.05, 3.63) is 47.7 Å². The number of fused-ring (bicyclic) bond motifs is 1. The second-order valence-corrected chi connectivity index (χ2v) is 9.99. The third kappa shape index (κ3) is 6.58. The van der Waals surface area contributed by atoms with E-state index in [4.69, 9.17) is 10.5 Å². The zero-order valence-electron chi connectivity index (χ0n) is 20.1. The van der Waals surface area contributed by atoms with E-state index in [0.29, 0.717) is 35.1 Å². The van der Waals surface area contributed by atoms with Crippen LogP contribution in [0.4, 0.5) is 11.5 Å². The Morgan fingerprint density at radius 2 is 2.06 bits per heavy atom. The Morgan fingerprint density at radius 1 is 1.23 bits per heavy atom. The van der Waals surface area contributed by atoms with E-state index < -0.39 is 11.2 Å². The summed E-state index contributed by atoms with van der Waals surface area (Å²) in [7, 11) is 2.05. The number of aldehydes is 1. The standard InChI is InChI=1S/C19H21N5O3S.C6H13N/c20-19-18-15(22-28(26)23-19)4-1-5-16(18)27-12-14-3-2-8-24(10-14)17-7-6-13(11-25)9-21-17;1-7-6-4-2-3-5-6/h1,4-7,9,11,14,22H,2-3,8,10,12H2,(H2,20,23);6-7H,2-5H2,1H3. The van der Waals surface area contributed by atoms with Crippen LogP contribution in [0.25, 0.3) is 0 Å². The Labute approximate surface area is 209 Å². The van der Waals surface area contributed by atoms with Crippen molar-refractivity contribution in [2.45, 2.75) is 44.6 Å². The Balaban J connectivity index is 0.000000356. The number of aromatic nitrogens is 1. The number of nitrogens with one attached hydrogen (secondary N) is 2. The van der Waals surface area contributed by atoms with Crippen LogP contribution in [0.5, 0.6) is 5.75 Å². The summed E-state index contributed by atoms with van der Waals surface area (Å²) < 4.78 is 24.4. The molecule has 0 bridgehead atoms. The molecule has 4 N–H and O–H groups in total. The minimum Gasteiger partial charge on any atom is -0.492 e. The molecule has 1 aromatic carbocycles. The summed E-state index contributed by atoms with van der Waals surface area (Å²) in [6, 6.07) is 9.99. The van der Waals surface area contributed by atoms with Crippen LogP contribution in [0.1, 0.15) is 54.4 Å². The van der Waals surface area contributed by atoms with Gasteiger partial charge in [-0.2, -0.15) is 4.40 Å². The van der Waals surface area contributed by atoms with Gasteiger partial charge in [0.25, 0.3) is 0 Å². The lowest BCUT2D eigenvalue weighted by atomic mass is 9.99. The topological polar surface area (TPSA) is 122 Å². The zero-order valence-corrected chi connectivity index (χ0v) is 20.9. The molecule has 2 aromatic rings. The van der Waals surface area contributed by atoms with Crippen molar-refractivity contribution in [2.24, 2.45) is 16.0 Å². The molecule has 3 aliphatic rings. The fourth-order valence-electron chi connectivity index (χ4n) is 4.74. The number of hydrogen-bond donors (Lipinski definition) is 3. The van der Waals surface area contributed by atoms with Crippen LogP contribution in [0, 0.1) is 5.92 Å². The van der Waals surface area contributed by atoms with Crippen LogP contribution in [-0.4, -0.2) is 54.1 Å². The maximum absolute atomic E-state index is 11.6. The number of carbonyl (C=O) groups is 1. The van der Waals surface area contributed by atoms with Crippen molar-refractivity contribution in [3.8, 4) is 5.75 Å². The van der Waals surface area contributed by atoms with Crippen LogP contribution in [0.2, 0.25) is 0 Å². The monoisotopic (exact) mass is 498 g/mol. The minimum absolute atomic E-state index is 0.215. The second-order valence-electron chi connectivity index (χ2n) is 9.11. The van der Waals surface area contributed by atoms with E-state index >= 15 is 0 Å². The summed E-state index contributed by atoms with van der Waals surface area (Å²) >= 11 is -1.55. The number of hydrogen-bond acceptors (Lipinski definition) is 7. The minimum atomic E-state index is -1.55. The summed E-state index contributed by atoms with van der Waals surface area (Å²) in [4.78, 5) is 17.4. The molecule has 2 fully saturated rings. The van der Waals surface area contributed by atoms with Gasteiger partial charge in [0.1, 0.15) is 17.4 Å². The predicted octanol–water partition coefficient (Wildman–Crippen LogP) is 3.05. The molecular formula is C25H34N6O3S. The van der Waals surface area contributed by atoms with E-state index in [0.717, 1.165) is 44.1 Å². The molecule has 2 unspecified atom stereocenters. The number of ether oxygens (including phenoxy) is 1. The van der Waals surface area contributed by atoms with Crippen molar-refractivity contribution < 1.29 is 13.7 Å². The molecule has 5 rings (SSSR count). The Bertz CT molecular complexity index is 1060. The van der Waals surface area contributed by atoms with Crippen LogP contribution < -0.4 is 25.4 Å². The van der Waals surface area contributed by atoms with E-state index in [1.54, 1.807) is 18.3 Å². The number of amidine groups is 1. The average Bonchev–Trinajstić information content (AvgIpc) is 3.42. The molecule has 188 valence electrons.